The lowest BCUT2D eigenvalue weighted by Gasteiger charge is -2.55. The summed E-state index contributed by atoms with van der Waals surface area (Å²) >= 11 is 0. The van der Waals surface area contributed by atoms with E-state index in [2.05, 4.69) is 252 Å². The van der Waals surface area contributed by atoms with Crippen LogP contribution in [-0.4, -0.2) is 0 Å². The van der Waals surface area contributed by atoms with Crippen LogP contribution in [0.3, 0.4) is 0 Å². The van der Waals surface area contributed by atoms with E-state index >= 15 is 0 Å². The van der Waals surface area contributed by atoms with Crippen molar-refractivity contribution < 1.29 is 32.0 Å². The molecule has 0 radical (unpaired) electrons. The van der Waals surface area contributed by atoms with Crippen molar-refractivity contribution in [2.24, 2.45) is 83.3 Å². The van der Waals surface area contributed by atoms with Crippen LogP contribution in [0.4, 0.5) is 0 Å². The second-order valence-electron chi connectivity index (χ2n) is 38.9. The van der Waals surface area contributed by atoms with Gasteiger partial charge in [0, 0.05) is 82.5 Å². The van der Waals surface area contributed by atoms with Crippen LogP contribution in [0.25, 0.3) is 45.0 Å². The van der Waals surface area contributed by atoms with E-state index in [1.807, 2.05) is 86.7 Å². The molecule has 2 fully saturated rings. The van der Waals surface area contributed by atoms with Gasteiger partial charge in [0.15, 0.2) is 24.8 Å². The fraction of sp³-hybridized carbons (Fsp3) is 0.551. The Kier molecular flexibility index (Phi) is 21.0. The van der Waals surface area contributed by atoms with E-state index in [0.717, 1.165) is 89.7 Å². The maximum Gasteiger partial charge on any atom is 0.212 e. The molecule has 4 heterocycles. The third-order valence-corrected chi connectivity index (χ3v) is 22.5. The number of benzene rings is 4. The maximum atomic E-state index is 9.30. The average molecular weight is 1390 g/mol. The fourth-order valence-corrected chi connectivity index (χ4v) is 17.4. The van der Waals surface area contributed by atoms with Crippen LogP contribution >= 0.6 is 0 Å². The van der Waals surface area contributed by atoms with Gasteiger partial charge in [-0.3, -0.25) is 0 Å². The van der Waals surface area contributed by atoms with Crippen molar-refractivity contribution >= 4 is 0 Å². The molecule has 0 saturated heterocycles. The van der Waals surface area contributed by atoms with E-state index in [1.165, 1.54) is 78.1 Å². The zero-order valence-corrected chi connectivity index (χ0v) is 70.4. The van der Waals surface area contributed by atoms with Crippen molar-refractivity contribution in [3.05, 3.63) is 210 Å². The molecular formula is C98H144N4+4. The maximum absolute atomic E-state index is 9.30. The van der Waals surface area contributed by atoms with Crippen LogP contribution < -0.4 is 18.3 Å². The summed E-state index contributed by atoms with van der Waals surface area (Å²) in [5.41, 5.74) is 29.0. The zero-order chi connectivity index (χ0) is 85.3. The molecule has 2 saturated carbocycles. The van der Waals surface area contributed by atoms with Crippen molar-refractivity contribution in [1.29, 1.82) is 0 Å². The van der Waals surface area contributed by atoms with Crippen molar-refractivity contribution in [2.45, 2.75) is 272 Å². The summed E-state index contributed by atoms with van der Waals surface area (Å²) in [6.45, 7) is 60.4. The molecule has 102 heavy (non-hydrogen) atoms. The summed E-state index contributed by atoms with van der Waals surface area (Å²) in [5.74, 6) is -0.154. The van der Waals surface area contributed by atoms with Crippen molar-refractivity contribution in [1.82, 2.24) is 0 Å². The van der Waals surface area contributed by atoms with E-state index < -0.39 is 26.4 Å². The molecule has 552 valence electrons. The van der Waals surface area contributed by atoms with Gasteiger partial charge in [-0.05, 0) is 287 Å². The third kappa shape index (κ3) is 21.1. The lowest BCUT2D eigenvalue weighted by atomic mass is 9.49. The Morgan fingerprint density at radius 2 is 0.716 bits per heavy atom. The van der Waals surface area contributed by atoms with Gasteiger partial charge in [-0.25, -0.2) is 18.3 Å². The number of hydrogen-bond acceptors (Lipinski definition) is 0. The first-order chi connectivity index (χ1) is 50.6. The summed E-state index contributed by atoms with van der Waals surface area (Å²) < 4.78 is 91.2. The third-order valence-electron chi connectivity index (χ3n) is 22.5. The lowest BCUT2D eigenvalue weighted by molar-refractivity contribution is -0.661. The molecule has 0 N–H and O–H groups in total. The highest BCUT2D eigenvalue weighted by atomic mass is 14.9. The van der Waals surface area contributed by atoms with Crippen LogP contribution in [0, 0.1) is 138 Å². The first-order valence-electron chi connectivity index (χ1n) is 43.0. The van der Waals surface area contributed by atoms with Gasteiger partial charge in [0.2, 0.25) is 22.8 Å². The summed E-state index contributed by atoms with van der Waals surface area (Å²) in [6, 6.07) is 30.5. The second-order valence-corrected chi connectivity index (χ2v) is 38.9. The lowest BCUT2D eigenvalue weighted by Crippen LogP contribution is -2.48. The molecule has 0 bridgehead atoms. The Bertz CT molecular complexity index is 4710. The number of hydrogen-bond donors (Lipinski definition) is 0. The number of pyridine rings is 4. The summed E-state index contributed by atoms with van der Waals surface area (Å²) in [6.07, 6.45) is 12.6. The van der Waals surface area contributed by atoms with E-state index in [0.29, 0.717) is 32.9 Å². The smallest absolute Gasteiger partial charge is 0.201 e. The van der Waals surface area contributed by atoms with E-state index in [4.69, 9.17) is 11.0 Å². The first-order valence-corrected chi connectivity index (χ1v) is 38.0. The molecule has 2 aliphatic carbocycles. The molecule has 0 amide bonds. The summed E-state index contributed by atoms with van der Waals surface area (Å²) in [4.78, 5) is 0. The Morgan fingerprint density at radius 3 is 1.14 bits per heavy atom. The predicted octanol–water partition coefficient (Wildman–Crippen LogP) is 24.2. The molecule has 0 unspecified atom stereocenters. The van der Waals surface area contributed by atoms with Crippen molar-refractivity contribution in [3.63, 3.8) is 0 Å². The van der Waals surface area contributed by atoms with E-state index in [9.17, 15) is 2.74 Å². The fourth-order valence-electron chi connectivity index (χ4n) is 17.4. The van der Waals surface area contributed by atoms with Gasteiger partial charge in [0.05, 0.1) is 0 Å². The Morgan fingerprint density at radius 1 is 0.363 bits per heavy atom. The molecular weight excluding hydrogens is 1230 g/mol. The monoisotopic (exact) mass is 1390 g/mol. The normalized spacial score (nSPS) is 18.3. The molecule has 10 rings (SSSR count). The number of rotatable bonds is 11. The standard InChI is InChI=1S/C27H40N.C25H36N.C25H38N.C21H30N/c1-19-10-12-22(20(2)14-19)23-13-11-21(16-28(23)9)15-24-26(5,6)17-25(3,4)18-27(24,7)8;1-17-9-10-22(19(3)11-17)23-12-18(2)21(16-26(23)8)13-20-14-24(4,5)25(6,7)15-20;1-17-11-19(3)22(13-20(17)14-24(4,5)6)23-12-18(2)21(16-26(23)10)15-25(7,8)9;1-14-9-17(4)19(10-15(14)2)20-11-16(3)18(13-22(20)8)12-21(5,6)7/h10-14,16,24H,15,17-18H2,1-9H3;9-12,16,20H,13-15H2,1-8H3;11-13,16H,14-15H2,1-10H3;9-11,13H,12H2,1-8H3/q4*+1/i1D3,15D2;1D3,13D2;;. The van der Waals surface area contributed by atoms with Gasteiger partial charge in [0.1, 0.15) is 28.2 Å². The number of aromatic nitrogens is 4. The minimum Gasteiger partial charge on any atom is -0.201 e. The van der Waals surface area contributed by atoms with Gasteiger partial charge >= 0.3 is 0 Å². The highest BCUT2D eigenvalue weighted by Crippen LogP contribution is 2.59. The second kappa shape index (κ2) is 31.3. The summed E-state index contributed by atoms with van der Waals surface area (Å²) in [7, 11) is 8.22. The Hall–Kier alpha value is -6.52. The highest BCUT2D eigenvalue weighted by Gasteiger charge is 2.50. The van der Waals surface area contributed by atoms with Crippen molar-refractivity contribution in [2.75, 3.05) is 0 Å². The van der Waals surface area contributed by atoms with Crippen LogP contribution in [0.2, 0.25) is 0 Å². The molecule has 0 atom stereocenters. The number of nitrogens with zero attached hydrogens (tertiary/aromatic N) is 4. The van der Waals surface area contributed by atoms with Gasteiger partial charge in [-0.15, -0.1) is 0 Å². The molecule has 4 nitrogen and oxygen atoms in total. The highest BCUT2D eigenvalue weighted by molar-refractivity contribution is 5.66. The topological polar surface area (TPSA) is 15.5 Å². The van der Waals surface area contributed by atoms with E-state index in [1.54, 1.807) is 24.3 Å². The predicted molar refractivity (Wildman–Crippen MR) is 440 cm³/mol. The van der Waals surface area contributed by atoms with Crippen LogP contribution in [-0.2, 0) is 60.2 Å². The van der Waals surface area contributed by atoms with E-state index in [-0.39, 0.29) is 38.9 Å². The summed E-state index contributed by atoms with van der Waals surface area (Å²) in [5, 5.41) is 0. The minimum absolute atomic E-state index is 0.0256. The molecule has 0 spiro atoms. The SMILES string of the molecule is Cc1cc(C)c(-c2cc(C)c(CC(C)(C)C)c[n+]2C)cc1C.Cc1cc(C)c(-c2cc(C)c(CC(C)(C)C)c[n+]2C)cc1CC(C)(C)C.[2H]C([2H])([2H])c1ccc(-c2cc(C)c(C([2H])([2H])C3CC(C)(C)C(C)(C)C3)c[n+]2C)c(C)c1.[2H]C([2H])([2H])c1ccc(-c2ccc(C([2H])([2H])C3C(C)(C)CC(C)(C)CC3(C)C)c[n+]2C)c(C)c1. The molecule has 8 aromatic rings. The van der Waals surface area contributed by atoms with Gasteiger partial charge in [-0.2, -0.15) is 0 Å². The quantitative estimate of drug-likeness (QED) is 0.115. The van der Waals surface area contributed by atoms with Gasteiger partial charge in [-0.1, -0.05) is 179 Å². The Labute approximate surface area is 639 Å². The van der Waals surface area contributed by atoms with Gasteiger partial charge < -0.3 is 0 Å². The molecule has 4 aromatic carbocycles. The Balaban J connectivity index is 0.000000209. The van der Waals surface area contributed by atoms with Crippen LogP contribution in [0.5, 0.6) is 0 Å². The van der Waals surface area contributed by atoms with Crippen LogP contribution in [0.1, 0.15) is 266 Å². The van der Waals surface area contributed by atoms with Gasteiger partial charge in [0.25, 0.3) is 0 Å². The molecule has 4 heteroatoms. The molecule has 0 aliphatic heterocycles. The first kappa shape index (κ1) is 68.6. The van der Waals surface area contributed by atoms with Crippen LogP contribution in [0.15, 0.2) is 116 Å². The van der Waals surface area contributed by atoms with Crippen molar-refractivity contribution in [3.8, 4) is 45.0 Å². The minimum atomic E-state index is -2.13. The largest absolute Gasteiger partial charge is 0.212 e. The molecule has 2 aliphatic rings. The average Bonchev–Trinajstić information content (AvgIpc) is 0.936. The zero-order valence-electron chi connectivity index (χ0n) is 80.4. The number of aryl methyl sites for hydroxylation is 16. The molecule has 4 aromatic heterocycles.